The molecule has 0 saturated heterocycles. The van der Waals surface area contributed by atoms with Crippen molar-refractivity contribution in [1.29, 1.82) is 0 Å². The molecule has 1 atom stereocenters. The van der Waals surface area contributed by atoms with Crippen LogP contribution in [0.25, 0.3) is 0 Å². The highest BCUT2D eigenvalue weighted by molar-refractivity contribution is 5.95. The Morgan fingerprint density at radius 3 is 2.87 bits per heavy atom. The van der Waals surface area contributed by atoms with E-state index in [0.717, 1.165) is 0 Å². The number of nitrogens with one attached hydrogen (secondary N) is 1. The van der Waals surface area contributed by atoms with Gasteiger partial charge in [-0.3, -0.25) is 4.79 Å². The van der Waals surface area contributed by atoms with E-state index in [1.807, 2.05) is 13.8 Å². The van der Waals surface area contributed by atoms with E-state index < -0.39 is 0 Å². The van der Waals surface area contributed by atoms with E-state index in [2.05, 4.69) is 5.32 Å². The third-order valence-corrected chi connectivity index (χ3v) is 2.36. The first-order chi connectivity index (χ1) is 7.22. The number of rotatable bonds is 5. The average molecular weight is 211 g/mol. The molecule has 0 spiro atoms. The smallest absolute Gasteiger partial charge is 0.255 e. The summed E-state index contributed by atoms with van der Waals surface area (Å²) in [6.45, 7) is 3.80. The molecule has 1 heterocycles. The Labute approximate surface area is 89.3 Å². The predicted octanol–water partition coefficient (Wildman–Crippen LogP) is 1.34. The van der Waals surface area contributed by atoms with Gasteiger partial charge in [0.25, 0.3) is 5.91 Å². The number of hydrogen-bond acceptors (Lipinski definition) is 3. The summed E-state index contributed by atoms with van der Waals surface area (Å²) < 4.78 is 5.16. The number of aliphatic hydroxyl groups excluding tert-OH is 1. The van der Waals surface area contributed by atoms with Gasteiger partial charge in [0.2, 0.25) is 0 Å². The van der Waals surface area contributed by atoms with E-state index in [4.69, 9.17) is 9.52 Å². The first kappa shape index (κ1) is 11.8. The molecule has 0 unspecified atom stereocenters. The molecule has 2 N–H and O–H groups in total. The molecule has 1 aromatic rings. The van der Waals surface area contributed by atoms with Crippen LogP contribution in [0.1, 0.15) is 36.4 Å². The lowest BCUT2D eigenvalue weighted by Gasteiger charge is -2.13. The summed E-state index contributed by atoms with van der Waals surface area (Å²) in [7, 11) is 0. The molecule has 4 heteroatoms. The zero-order valence-electron chi connectivity index (χ0n) is 9.12. The fraction of sp³-hybridized carbons (Fsp3) is 0.545. The maximum Gasteiger partial charge on any atom is 0.255 e. The van der Waals surface area contributed by atoms with E-state index >= 15 is 0 Å². The van der Waals surface area contributed by atoms with Crippen LogP contribution in [-0.2, 0) is 6.42 Å². The minimum Gasteiger partial charge on any atom is -0.469 e. The average Bonchev–Trinajstić information content (AvgIpc) is 2.73. The second kappa shape index (κ2) is 5.56. The van der Waals surface area contributed by atoms with Crippen molar-refractivity contribution in [3.8, 4) is 0 Å². The van der Waals surface area contributed by atoms with Gasteiger partial charge in [-0.15, -0.1) is 0 Å². The highest BCUT2D eigenvalue weighted by atomic mass is 16.3. The molecule has 0 aromatic carbocycles. The van der Waals surface area contributed by atoms with Gasteiger partial charge in [-0.2, -0.15) is 0 Å². The standard InChI is InChI=1S/C11H17NO3/c1-3-8(7-13)12-11(14)9-5-6-15-10(9)4-2/h5-6,8,13H,3-4,7H2,1-2H3,(H,12,14)/t8-/m1/s1. The number of amides is 1. The van der Waals surface area contributed by atoms with E-state index in [0.29, 0.717) is 24.2 Å². The minimum absolute atomic E-state index is 0.0401. The summed E-state index contributed by atoms with van der Waals surface area (Å²) in [6, 6.07) is 1.47. The van der Waals surface area contributed by atoms with E-state index in [1.165, 1.54) is 6.26 Å². The molecule has 0 aliphatic heterocycles. The SMILES string of the molecule is CCc1occc1C(=O)N[C@H](CC)CO. The Morgan fingerprint density at radius 1 is 1.60 bits per heavy atom. The van der Waals surface area contributed by atoms with Gasteiger partial charge in [-0.1, -0.05) is 13.8 Å². The van der Waals surface area contributed by atoms with Crippen LogP contribution in [0.4, 0.5) is 0 Å². The van der Waals surface area contributed by atoms with Crippen LogP contribution in [0, 0.1) is 0 Å². The number of aryl methyl sites for hydroxylation is 1. The Kier molecular flexibility index (Phi) is 4.37. The molecular weight excluding hydrogens is 194 g/mol. The molecule has 84 valence electrons. The number of carbonyl (C=O) groups excluding carboxylic acids is 1. The van der Waals surface area contributed by atoms with Crippen molar-refractivity contribution in [3.05, 3.63) is 23.7 Å². The first-order valence-corrected chi connectivity index (χ1v) is 5.21. The zero-order chi connectivity index (χ0) is 11.3. The minimum atomic E-state index is -0.183. The second-order valence-electron chi connectivity index (χ2n) is 3.37. The maximum absolute atomic E-state index is 11.7. The fourth-order valence-corrected chi connectivity index (χ4v) is 1.36. The van der Waals surface area contributed by atoms with Crippen LogP contribution in [0.2, 0.25) is 0 Å². The van der Waals surface area contributed by atoms with Crippen LogP contribution < -0.4 is 5.32 Å². The summed E-state index contributed by atoms with van der Waals surface area (Å²) in [6.07, 6.45) is 2.90. The maximum atomic E-state index is 11.7. The molecule has 1 amide bonds. The predicted molar refractivity (Wildman–Crippen MR) is 56.7 cm³/mol. The summed E-state index contributed by atoms with van der Waals surface area (Å²) in [5, 5.41) is 11.7. The lowest BCUT2D eigenvalue weighted by molar-refractivity contribution is 0.0913. The number of hydrogen-bond donors (Lipinski definition) is 2. The van der Waals surface area contributed by atoms with Crippen molar-refractivity contribution in [2.24, 2.45) is 0 Å². The molecule has 0 radical (unpaired) electrons. The van der Waals surface area contributed by atoms with Gasteiger partial charge >= 0.3 is 0 Å². The van der Waals surface area contributed by atoms with Gasteiger partial charge in [-0.25, -0.2) is 0 Å². The van der Waals surface area contributed by atoms with Gasteiger partial charge < -0.3 is 14.8 Å². The molecule has 1 aromatic heterocycles. The molecule has 1 rings (SSSR count). The molecule has 0 fully saturated rings. The Morgan fingerprint density at radius 2 is 2.33 bits per heavy atom. The van der Waals surface area contributed by atoms with Gasteiger partial charge in [0.1, 0.15) is 5.76 Å². The summed E-state index contributed by atoms with van der Waals surface area (Å²) >= 11 is 0. The van der Waals surface area contributed by atoms with Crippen molar-refractivity contribution in [2.75, 3.05) is 6.61 Å². The number of furan rings is 1. The van der Waals surface area contributed by atoms with Gasteiger partial charge in [0.15, 0.2) is 0 Å². The van der Waals surface area contributed by atoms with Gasteiger partial charge in [0.05, 0.1) is 24.5 Å². The molecule has 0 aliphatic carbocycles. The molecule has 0 saturated carbocycles. The van der Waals surface area contributed by atoms with Crippen molar-refractivity contribution < 1.29 is 14.3 Å². The number of carbonyl (C=O) groups is 1. The monoisotopic (exact) mass is 211 g/mol. The molecule has 0 bridgehead atoms. The van der Waals surface area contributed by atoms with Gasteiger partial charge in [-0.05, 0) is 12.5 Å². The quantitative estimate of drug-likeness (QED) is 0.772. The van der Waals surface area contributed by atoms with Crippen LogP contribution in [-0.4, -0.2) is 23.7 Å². The molecular formula is C11H17NO3. The van der Waals surface area contributed by atoms with Crippen molar-refractivity contribution in [2.45, 2.75) is 32.7 Å². The van der Waals surface area contributed by atoms with Crippen LogP contribution in [0.3, 0.4) is 0 Å². The summed E-state index contributed by atoms with van der Waals surface area (Å²) in [5.74, 6) is 0.502. The lowest BCUT2D eigenvalue weighted by atomic mass is 10.1. The van der Waals surface area contributed by atoms with E-state index in [9.17, 15) is 4.79 Å². The normalized spacial score (nSPS) is 12.5. The van der Waals surface area contributed by atoms with Crippen molar-refractivity contribution in [1.82, 2.24) is 5.32 Å². The van der Waals surface area contributed by atoms with Gasteiger partial charge in [0, 0.05) is 6.42 Å². The Bertz CT molecular complexity index is 315. The first-order valence-electron chi connectivity index (χ1n) is 5.21. The van der Waals surface area contributed by atoms with E-state index in [1.54, 1.807) is 6.07 Å². The van der Waals surface area contributed by atoms with Crippen molar-refractivity contribution >= 4 is 5.91 Å². The highest BCUT2D eigenvalue weighted by Gasteiger charge is 2.15. The van der Waals surface area contributed by atoms with Crippen LogP contribution in [0.15, 0.2) is 16.7 Å². The summed E-state index contributed by atoms with van der Waals surface area (Å²) in [5.41, 5.74) is 0.560. The zero-order valence-corrected chi connectivity index (χ0v) is 9.12. The fourth-order valence-electron chi connectivity index (χ4n) is 1.36. The van der Waals surface area contributed by atoms with Crippen molar-refractivity contribution in [3.63, 3.8) is 0 Å². The third-order valence-electron chi connectivity index (χ3n) is 2.36. The lowest BCUT2D eigenvalue weighted by Crippen LogP contribution is -2.37. The molecule has 15 heavy (non-hydrogen) atoms. The highest BCUT2D eigenvalue weighted by Crippen LogP contribution is 2.11. The van der Waals surface area contributed by atoms with Crippen LogP contribution in [0.5, 0.6) is 0 Å². The van der Waals surface area contributed by atoms with E-state index in [-0.39, 0.29) is 18.6 Å². The largest absolute Gasteiger partial charge is 0.469 e. The number of aliphatic hydroxyl groups is 1. The molecule has 0 aliphatic rings. The van der Waals surface area contributed by atoms with Crippen LogP contribution >= 0.6 is 0 Å². The third kappa shape index (κ3) is 2.83. The second-order valence-corrected chi connectivity index (χ2v) is 3.37. The Balaban J connectivity index is 2.68. The Hall–Kier alpha value is -1.29. The summed E-state index contributed by atoms with van der Waals surface area (Å²) in [4.78, 5) is 11.7. The topological polar surface area (TPSA) is 62.5 Å². The molecule has 4 nitrogen and oxygen atoms in total.